The normalized spacial score (nSPS) is 14.5. The monoisotopic (exact) mass is 240 g/mol. The number of rotatable bonds is 8. The first-order valence-corrected chi connectivity index (χ1v) is 5.95. The van der Waals surface area contributed by atoms with Gasteiger partial charge in [0.05, 0.1) is 18.7 Å². The van der Waals surface area contributed by atoms with Gasteiger partial charge in [0.1, 0.15) is 5.76 Å². The molecule has 0 amide bonds. The van der Waals surface area contributed by atoms with Gasteiger partial charge >= 0.3 is 5.97 Å². The molecule has 1 rings (SSSR count). The number of carbonyl (C=O) groups is 1. The third-order valence-electron chi connectivity index (χ3n) is 2.81. The van der Waals surface area contributed by atoms with Gasteiger partial charge in [-0.3, -0.25) is 4.79 Å². The molecular formula is C12H20N2O3. The Labute approximate surface area is 101 Å². The minimum absolute atomic E-state index is 0.253. The Kier molecular flexibility index (Phi) is 5.69. The summed E-state index contributed by atoms with van der Waals surface area (Å²) in [6.45, 7) is 4.49. The minimum Gasteiger partial charge on any atom is -0.481 e. The summed E-state index contributed by atoms with van der Waals surface area (Å²) in [6.07, 6.45) is 4.23. The van der Waals surface area contributed by atoms with Gasteiger partial charge < -0.3 is 14.9 Å². The SMILES string of the molecule is CC(CCCC(C)C(=O)O)NCc1ccno1. The van der Waals surface area contributed by atoms with E-state index >= 15 is 0 Å². The summed E-state index contributed by atoms with van der Waals surface area (Å²) in [4.78, 5) is 10.6. The van der Waals surface area contributed by atoms with Crippen LogP contribution < -0.4 is 5.32 Å². The average Bonchev–Trinajstić information content (AvgIpc) is 2.78. The zero-order valence-corrected chi connectivity index (χ0v) is 10.3. The second-order valence-corrected chi connectivity index (χ2v) is 4.43. The molecule has 2 atom stereocenters. The average molecular weight is 240 g/mol. The summed E-state index contributed by atoms with van der Waals surface area (Å²) in [5.41, 5.74) is 0. The van der Waals surface area contributed by atoms with Crippen molar-refractivity contribution in [1.29, 1.82) is 0 Å². The lowest BCUT2D eigenvalue weighted by atomic mass is 10.0. The van der Waals surface area contributed by atoms with Crippen molar-refractivity contribution in [1.82, 2.24) is 10.5 Å². The van der Waals surface area contributed by atoms with Gasteiger partial charge in [0.2, 0.25) is 0 Å². The molecule has 2 N–H and O–H groups in total. The number of carboxylic acid groups (broad SMARTS) is 1. The lowest BCUT2D eigenvalue weighted by Crippen LogP contribution is -2.25. The predicted molar refractivity (Wildman–Crippen MR) is 63.5 cm³/mol. The number of hydrogen-bond donors (Lipinski definition) is 2. The molecule has 17 heavy (non-hydrogen) atoms. The molecule has 96 valence electrons. The van der Waals surface area contributed by atoms with Crippen molar-refractivity contribution < 1.29 is 14.4 Å². The number of aromatic nitrogens is 1. The van der Waals surface area contributed by atoms with E-state index in [2.05, 4.69) is 17.4 Å². The molecule has 5 nitrogen and oxygen atoms in total. The van der Waals surface area contributed by atoms with E-state index in [4.69, 9.17) is 9.63 Å². The molecule has 0 bridgehead atoms. The number of nitrogens with zero attached hydrogens (tertiary/aromatic N) is 1. The molecule has 1 aromatic rings. The Bertz CT molecular complexity index is 325. The van der Waals surface area contributed by atoms with E-state index in [-0.39, 0.29) is 5.92 Å². The van der Waals surface area contributed by atoms with Crippen LogP contribution in [0.3, 0.4) is 0 Å². The highest BCUT2D eigenvalue weighted by atomic mass is 16.5. The summed E-state index contributed by atoms with van der Waals surface area (Å²) >= 11 is 0. The van der Waals surface area contributed by atoms with E-state index in [0.717, 1.165) is 25.0 Å². The number of hydrogen-bond acceptors (Lipinski definition) is 4. The predicted octanol–water partition coefficient (Wildman–Crippen LogP) is 2.04. The van der Waals surface area contributed by atoms with Gasteiger partial charge in [0.25, 0.3) is 0 Å². The van der Waals surface area contributed by atoms with Crippen LogP contribution in [0, 0.1) is 5.92 Å². The van der Waals surface area contributed by atoms with Crippen LogP contribution in [0.2, 0.25) is 0 Å². The fourth-order valence-corrected chi connectivity index (χ4v) is 1.56. The smallest absolute Gasteiger partial charge is 0.306 e. The summed E-state index contributed by atoms with van der Waals surface area (Å²) in [5, 5.41) is 15.7. The minimum atomic E-state index is -0.715. The van der Waals surface area contributed by atoms with Crippen molar-refractivity contribution in [3.8, 4) is 0 Å². The summed E-state index contributed by atoms with van der Waals surface area (Å²) < 4.78 is 4.97. The van der Waals surface area contributed by atoms with E-state index in [1.54, 1.807) is 13.1 Å². The Morgan fingerprint density at radius 1 is 1.53 bits per heavy atom. The van der Waals surface area contributed by atoms with Gasteiger partial charge in [-0.2, -0.15) is 0 Å². The molecule has 1 heterocycles. The molecule has 0 aliphatic rings. The maximum atomic E-state index is 10.6. The van der Waals surface area contributed by atoms with Crippen molar-refractivity contribution in [3.63, 3.8) is 0 Å². The topological polar surface area (TPSA) is 75.4 Å². The van der Waals surface area contributed by atoms with Crippen molar-refractivity contribution >= 4 is 5.97 Å². The van der Waals surface area contributed by atoms with Gasteiger partial charge in [-0.05, 0) is 19.8 Å². The van der Waals surface area contributed by atoms with Crippen LogP contribution in [-0.2, 0) is 11.3 Å². The second-order valence-electron chi connectivity index (χ2n) is 4.43. The first-order chi connectivity index (χ1) is 8.09. The Morgan fingerprint density at radius 3 is 2.88 bits per heavy atom. The van der Waals surface area contributed by atoms with Crippen LogP contribution in [0.5, 0.6) is 0 Å². The standard InChI is InChI=1S/C12H20N2O3/c1-9(12(15)16)4-3-5-10(2)13-8-11-6-7-14-17-11/h6-7,9-10,13H,3-5,8H2,1-2H3,(H,15,16). The lowest BCUT2D eigenvalue weighted by Gasteiger charge is -2.13. The van der Waals surface area contributed by atoms with Crippen molar-refractivity contribution in [2.75, 3.05) is 0 Å². The van der Waals surface area contributed by atoms with Gasteiger partial charge in [0.15, 0.2) is 0 Å². The largest absolute Gasteiger partial charge is 0.481 e. The first-order valence-electron chi connectivity index (χ1n) is 5.95. The van der Waals surface area contributed by atoms with Gasteiger partial charge in [-0.15, -0.1) is 0 Å². The van der Waals surface area contributed by atoms with Crippen LogP contribution in [0.25, 0.3) is 0 Å². The summed E-state index contributed by atoms with van der Waals surface area (Å²) in [7, 11) is 0. The van der Waals surface area contributed by atoms with Crippen molar-refractivity contribution in [3.05, 3.63) is 18.0 Å². The maximum absolute atomic E-state index is 10.6. The van der Waals surface area contributed by atoms with Crippen LogP contribution >= 0.6 is 0 Å². The second kappa shape index (κ2) is 7.06. The molecule has 0 radical (unpaired) electrons. The highest BCUT2D eigenvalue weighted by Gasteiger charge is 2.11. The fraction of sp³-hybridized carbons (Fsp3) is 0.667. The molecule has 0 aliphatic heterocycles. The van der Waals surface area contributed by atoms with E-state index in [0.29, 0.717) is 12.6 Å². The molecule has 1 aromatic heterocycles. The summed E-state index contributed by atoms with van der Waals surface area (Å²) in [5.74, 6) is -0.153. The van der Waals surface area contributed by atoms with Crippen LogP contribution in [0.4, 0.5) is 0 Å². The fourth-order valence-electron chi connectivity index (χ4n) is 1.56. The third-order valence-corrected chi connectivity index (χ3v) is 2.81. The quantitative estimate of drug-likeness (QED) is 0.727. The van der Waals surface area contributed by atoms with Crippen LogP contribution in [0.1, 0.15) is 38.9 Å². The molecule has 5 heteroatoms. The zero-order valence-electron chi connectivity index (χ0n) is 10.3. The third kappa shape index (κ3) is 5.49. The zero-order chi connectivity index (χ0) is 12.7. The number of aliphatic carboxylic acids is 1. The molecule has 0 saturated heterocycles. The van der Waals surface area contributed by atoms with E-state index < -0.39 is 5.97 Å². The van der Waals surface area contributed by atoms with Crippen molar-refractivity contribution in [2.24, 2.45) is 5.92 Å². The Morgan fingerprint density at radius 2 is 2.29 bits per heavy atom. The first kappa shape index (κ1) is 13.7. The number of carboxylic acids is 1. The van der Waals surface area contributed by atoms with Crippen LogP contribution in [-0.4, -0.2) is 22.3 Å². The summed E-state index contributed by atoms with van der Waals surface area (Å²) in [6, 6.07) is 2.17. The molecule has 2 unspecified atom stereocenters. The van der Waals surface area contributed by atoms with Crippen molar-refractivity contribution in [2.45, 2.75) is 45.7 Å². The van der Waals surface area contributed by atoms with Crippen LogP contribution in [0.15, 0.2) is 16.8 Å². The van der Waals surface area contributed by atoms with E-state index in [1.807, 2.05) is 6.07 Å². The van der Waals surface area contributed by atoms with Gasteiger partial charge in [-0.1, -0.05) is 18.5 Å². The van der Waals surface area contributed by atoms with Gasteiger partial charge in [0, 0.05) is 12.1 Å². The van der Waals surface area contributed by atoms with Gasteiger partial charge in [-0.25, -0.2) is 0 Å². The Hall–Kier alpha value is -1.36. The van der Waals surface area contributed by atoms with E-state index in [9.17, 15) is 4.79 Å². The molecule has 0 saturated carbocycles. The molecule has 0 aromatic carbocycles. The highest BCUT2D eigenvalue weighted by Crippen LogP contribution is 2.10. The maximum Gasteiger partial charge on any atom is 0.306 e. The number of nitrogens with one attached hydrogen (secondary N) is 1. The Balaban J connectivity index is 2.09. The highest BCUT2D eigenvalue weighted by molar-refractivity contribution is 5.69. The van der Waals surface area contributed by atoms with E-state index in [1.165, 1.54) is 0 Å². The lowest BCUT2D eigenvalue weighted by molar-refractivity contribution is -0.141. The molecular weight excluding hydrogens is 220 g/mol. The molecule has 0 aliphatic carbocycles. The molecule has 0 fully saturated rings. The molecule has 0 spiro atoms.